The lowest BCUT2D eigenvalue weighted by Gasteiger charge is -2.09. The van der Waals surface area contributed by atoms with Crippen molar-refractivity contribution in [3.05, 3.63) is 58.6 Å². The smallest absolute Gasteiger partial charge is 0.232 e. The van der Waals surface area contributed by atoms with Crippen molar-refractivity contribution in [2.24, 2.45) is 0 Å². The lowest BCUT2D eigenvalue weighted by Crippen LogP contribution is -2.16. The molecule has 0 aromatic heterocycles. The Bertz CT molecular complexity index is 820. The zero-order valence-corrected chi connectivity index (χ0v) is 16.4. The van der Waals surface area contributed by atoms with Crippen LogP contribution in [0.3, 0.4) is 0 Å². The third-order valence-electron chi connectivity index (χ3n) is 3.49. The predicted molar refractivity (Wildman–Crippen MR) is 105 cm³/mol. The SMILES string of the molecule is CCCS(=O)(=O)Nc1ccc(NC(=O)CCc2ccccc2Br)cc1. The van der Waals surface area contributed by atoms with Crippen LogP contribution in [0, 0.1) is 0 Å². The molecule has 2 aromatic rings. The molecule has 1 amide bonds. The number of rotatable bonds is 8. The van der Waals surface area contributed by atoms with Gasteiger partial charge in [-0.05, 0) is 48.7 Å². The summed E-state index contributed by atoms with van der Waals surface area (Å²) in [6.07, 6.45) is 1.57. The summed E-state index contributed by atoms with van der Waals surface area (Å²) in [6.45, 7) is 1.81. The first kappa shape index (κ1) is 19.5. The number of hydrogen-bond acceptors (Lipinski definition) is 3. The number of carbonyl (C=O) groups excluding carboxylic acids is 1. The van der Waals surface area contributed by atoms with E-state index in [2.05, 4.69) is 26.0 Å². The minimum Gasteiger partial charge on any atom is -0.326 e. The van der Waals surface area contributed by atoms with E-state index in [4.69, 9.17) is 0 Å². The monoisotopic (exact) mass is 424 g/mol. The molecule has 0 fully saturated rings. The van der Waals surface area contributed by atoms with Gasteiger partial charge < -0.3 is 5.32 Å². The van der Waals surface area contributed by atoms with Crippen LogP contribution in [0.5, 0.6) is 0 Å². The van der Waals surface area contributed by atoms with Crippen LogP contribution in [0.25, 0.3) is 0 Å². The van der Waals surface area contributed by atoms with E-state index in [1.54, 1.807) is 24.3 Å². The molecule has 0 spiro atoms. The number of carbonyl (C=O) groups is 1. The van der Waals surface area contributed by atoms with Gasteiger partial charge in [0.1, 0.15) is 0 Å². The Kier molecular flexibility index (Phi) is 7.01. The molecule has 0 unspecified atom stereocenters. The van der Waals surface area contributed by atoms with Gasteiger partial charge in [-0.15, -0.1) is 0 Å². The van der Waals surface area contributed by atoms with Gasteiger partial charge in [0, 0.05) is 22.3 Å². The zero-order chi connectivity index (χ0) is 18.3. The van der Waals surface area contributed by atoms with E-state index in [1.807, 2.05) is 31.2 Å². The van der Waals surface area contributed by atoms with E-state index in [-0.39, 0.29) is 11.7 Å². The zero-order valence-electron chi connectivity index (χ0n) is 14.0. The molecule has 0 atom stereocenters. The number of sulfonamides is 1. The van der Waals surface area contributed by atoms with Gasteiger partial charge in [0.2, 0.25) is 15.9 Å². The van der Waals surface area contributed by atoms with Crippen molar-refractivity contribution in [3.8, 4) is 0 Å². The molecule has 0 aliphatic rings. The first-order valence-corrected chi connectivity index (χ1v) is 10.5. The first-order chi connectivity index (χ1) is 11.9. The second-order valence-electron chi connectivity index (χ2n) is 5.64. The third kappa shape index (κ3) is 6.51. The Morgan fingerprint density at radius 1 is 1.04 bits per heavy atom. The lowest BCUT2D eigenvalue weighted by molar-refractivity contribution is -0.116. The molecule has 25 heavy (non-hydrogen) atoms. The maximum atomic E-state index is 12.1. The molecule has 0 heterocycles. The highest BCUT2D eigenvalue weighted by atomic mass is 79.9. The molecule has 0 bridgehead atoms. The minimum absolute atomic E-state index is 0.0839. The molecule has 5 nitrogen and oxygen atoms in total. The Balaban J connectivity index is 1.88. The largest absolute Gasteiger partial charge is 0.326 e. The summed E-state index contributed by atoms with van der Waals surface area (Å²) in [5, 5.41) is 2.82. The Morgan fingerprint density at radius 2 is 1.68 bits per heavy atom. The van der Waals surface area contributed by atoms with Gasteiger partial charge in [-0.25, -0.2) is 8.42 Å². The highest BCUT2D eigenvalue weighted by Gasteiger charge is 2.09. The number of halogens is 1. The molecular weight excluding hydrogens is 404 g/mol. The summed E-state index contributed by atoms with van der Waals surface area (Å²) in [6, 6.07) is 14.4. The van der Waals surface area contributed by atoms with Gasteiger partial charge in [0.05, 0.1) is 5.75 Å². The van der Waals surface area contributed by atoms with Crippen LogP contribution in [0.2, 0.25) is 0 Å². The summed E-state index contributed by atoms with van der Waals surface area (Å²) in [5.41, 5.74) is 2.20. The highest BCUT2D eigenvalue weighted by molar-refractivity contribution is 9.10. The quantitative estimate of drug-likeness (QED) is 0.667. The average molecular weight is 425 g/mol. The summed E-state index contributed by atoms with van der Waals surface area (Å²) >= 11 is 3.47. The number of benzene rings is 2. The maximum Gasteiger partial charge on any atom is 0.232 e. The van der Waals surface area contributed by atoms with Crippen molar-refractivity contribution in [3.63, 3.8) is 0 Å². The normalized spacial score (nSPS) is 11.1. The minimum atomic E-state index is -3.31. The number of aryl methyl sites for hydroxylation is 1. The number of anilines is 2. The molecule has 0 aliphatic carbocycles. The van der Waals surface area contributed by atoms with E-state index in [0.29, 0.717) is 30.6 Å². The van der Waals surface area contributed by atoms with E-state index < -0.39 is 10.0 Å². The Labute approximate surface area is 157 Å². The molecule has 2 rings (SSSR count). The van der Waals surface area contributed by atoms with E-state index in [1.165, 1.54) is 0 Å². The van der Waals surface area contributed by atoms with Crippen molar-refractivity contribution in [2.45, 2.75) is 26.2 Å². The van der Waals surface area contributed by atoms with Gasteiger partial charge in [-0.1, -0.05) is 41.1 Å². The second-order valence-corrected chi connectivity index (χ2v) is 8.33. The van der Waals surface area contributed by atoms with Crippen molar-refractivity contribution in [1.82, 2.24) is 0 Å². The summed E-state index contributed by atoms with van der Waals surface area (Å²) < 4.78 is 26.9. The van der Waals surface area contributed by atoms with Gasteiger partial charge >= 0.3 is 0 Å². The van der Waals surface area contributed by atoms with Crippen LogP contribution < -0.4 is 10.0 Å². The fourth-order valence-electron chi connectivity index (χ4n) is 2.29. The second kappa shape index (κ2) is 9.01. The summed E-state index contributed by atoms with van der Waals surface area (Å²) in [5.74, 6) is -0.00404. The Morgan fingerprint density at radius 3 is 2.32 bits per heavy atom. The van der Waals surface area contributed by atoms with Crippen molar-refractivity contribution in [2.75, 3.05) is 15.8 Å². The standard InChI is InChI=1S/C18H21BrN2O3S/c1-2-13-25(23,24)21-16-10-8-15(9-11-16)20-18(22)12-7-14-5-3-4-6-17(14)19/h3-6,8-11,21H,2,7,12-13H2,1H3,(H,20,22). The lowest BCUT2D eigenvalue weighted by atomic mass is 10.1. The van der Waals surface area contributed by atoms with Gasteiger partial charge in [-0.2, -0.15) is 0 Å². The molecule has 0 saturated carbocycles. The Hall–Kier alpha value is -1.86. The predicted octanol–water partition coefficient (Wildman–Crippen LogP) is 4.17. The van der Waals surface area contributed by atoms with Crippen molar-refractivity contribution < 1.29 is 13.2 Å². The van der Waals surface area contributed by atoms with Crippen LogP contribution in [0.4, 0.5) is 11.4 Å². The van der Waals surface area contributed by atoms with Gasteiger partial charge in [-0.3, -0.25) is 9.52 Å². The van der Waals surface area contributed by atoms with Crippen LogP contribution in [-0.4, -0.2) is 20.1 Å². The van der Waals surface area contributed by atoms with E-state index >= 15 is 0 Å². The van der Waals surface area contributed by atoms with E-state index in [9.17, 15) is 13.2 Å². The number of amides is 1. The third-order valence-corrected chi connectivity index (χ3v) is 5.76. The van der Waals surface area contributed by atoms with Crippen LogP contribution in [-0.2, 0) is 21.2 Å². The average Bonchev–Trinajstić information content (AvgIpc) is 2.55. The first-order valence-electron chi connectivity index (χ1n) is 8.03. The highest BCUT2D eigenvalue weighted by Crippen LogP contribution is 2.18. The number of nitrogens with one attached hydrogen (secondary N) is 2. The topological polar surface area (TPSA) is 75.3 Å². The van der Waals surface area contributed by atoms with Crippen molar-refractivity contribution >= 4 is 43.2 Å². The summed E-state index contributed by atoms with van der Waals surface area (Å²) in [7, 11) is -3.31. The molecular formula is C18H21BrN2O3S. The number of hydrogen-bond donors (Lipinski definition) is 2. The van der Waals surface area contributed by atoms with E-state index in [0.717, 1.165) is 10.0 Å². The molecule has 2 aromatic carbocycles. The molecule has 0 aliphatic heterocycles. The molecule has 0 radical (unpaired) electrons. The summed E-state index contributed by atoms with van der Waals surface area (Å²) in [4.78, 5) is 12.1. The molecule has 134 valence electrons. The molecule has 2 N–H and O–H groups in total. The maximum absolute atomic E-state index is 12.1. The van der Waals surface area contributed by atoms with Gasteiger partial charge in [0.15, 0.2) is 0 Å². The van der Waals surface area contributed by atoms with Crippen molar-refractivity contribution in [1.29, 1.82) is 0 Å². The van der Waals surface area contributed by atoms with Crippen LogP contribution in [0.15, 0.2) is 53.0 Å². The molecule has 0 saturated heterocycles. The fourth-order valence-corrected chi connectivity index (χ4v) is 3.91. The van der Waals surface area contributed by atoms with Crippen LogP contribution >= 0.6 is 15.9 Å². The fraction of sp³-hybridized carbons (Fsp3) is 0.278. The molecule has 7 heteroatoms. The van der Waals surface area contributed by atoms with Gasteiger partial charge in [0.25, 0.3) is 0 Å². The van der Waals surface area contributed by atoms with Crippen LogP contribution in [0.1, 0.15) is 25.3 Å².